The van der Waals surface area contributed by atoms with Gasteiger partial charge in [-0.25, -0.2) is 0 Å². The Morgan fingerprint density at radius 1 is 1.02 bits per heavy atom. The topological polar surface area (TPSA) is 126 Å². The molecule has 2 aromatic carbocycles. The molecule has 2 heterocycles. The first kappa shape index (κ1) is 36.8. The molecule has 0 radical (unpaired) electrons. The maximum Gasteiger partial charge on any atom is 0.416 e. The standard InChI is InChI=1S/C41H46F3N3O7/c1-5-7-16-52-35-28-24(31(41(42,43)44)27-23-14-15-47(32(23)29(27)35)20-21-12-10-9-11-13-21)18-22-19-25-33(46(3)4)36-30(39(45-54-36)53-17-8-6-2)38(50)40(25,51)37(49)26(22)34(28)48/h9-13,22-23,25,32-33,48,51H,5-8,14-20H2,1-4H3/t22-,23+,25-,32+,33-,40-/m0/s1. The molecule has 54 heavy (non-hydrogen) atoms. The zero-order chi connectivity index (χ0) is 38.3. The molecule has 13 heteroatoms. The van der Waals surface area contributed by atoms with Crippen molar-refractivity contribution in [3.63, 3.8) is 0 Å². The molecule has 10 nitrogen and oxygen atoms in total. The maximum absolute atomic E-state index is 15.5. The average molecular weight is 750 g/mol. The number of fused-ring (bicyclic) bond motifs is 8. The summed E-state index contributed by atoms with van der Waals surface area (Å²) in [5.74, 6) is -4.91. The minimum atomic E-state index is -4.76. The SMILES string of the molecule is CCCCOc1noc2c1C(=O)[C@@]1(O)C(=O)C3=C(O)c4c(c(C(F)(F)F)c5c(c4OCCCC)[C@H]4[C@@H]5CCN4Cc4ccccc4)C[C@H]3C[C@H]1[C@@H]2N(C)C. The smallest absolute Gasteiger partial charge is 0.416 e. The van der Waals surface area contributed by atoms with E-state index in [0.29, 0.717) is 37.9 Å². The summed E-state index contributed by atoms with van der Waals surface area (Å²) in [6.07, 6.45) is -1.65. The van der Waals surface area contributed by atoms with Gasteiger partial charge in [-0.2, -0.15) is 13.2 Å². The highest BCUT2D eigenvalue weighted by Gasteiger charge is 2.66. The number of carbonyl (C=O) groups excluding carboxylic acids is 2. The fourth-order valence-corrected chi connectivity index (χ4v) is 9.91. The van der Waals surface area contributed by atoms with Crippen LogP contribution in [0.4, 0.5) is 13.2 Å². The first-order chi connectivity index (χ1) is 25.8. The Kier molecular flexibility index (Phi) is 9.21. The number of benzene rings is 2. The summed E-state index contributed by atoms with van der Waals surface area (Å²) in [4.78, 5) is 33.1. The van der Waals surface area contributed by atoms with Crippen LogP contribution in [-0.4, -0.2) is 76.2 Å². The molecule has 3 aromatic rings. The van der Waals surface area contributed by atoms with Crippen molar-refractivity contribution in [3.8, 4) is 11.6 Å². The number of ether oxygens (including phenoxy) is 2. The molecule has 0 spiro atoms. The second-order valence-electron chi connectivity index (χ2n) is 15.6. The van der Waals surface area contributed by atoms with Crippen LogP contribution in [0.1, 0.15) is 120 Å². The van der Waals surface area contributed by atoms with Crippen molar-refractivity contribution >= 4 is 17.3 Å². The molecule has 2 N–H and O–H groups in total. The number of unbranched alkanes of at least 4 members (excludes halogenated alkanes) is 2. The lowest BCUT2D eigenvalue weighted by Gasteiger charge is -2.50. The van der Waals surface area contributed by atoms with Crippen molar-refractivity contribution in [1.29, 1.82) is 0 Å². The minimum Gasteiger partial charge on any atom is -0.507 e. The number of ketones is 2. The Bertz CT molecular complexity index is 2030. The van der Waals surface area contributed by atoms with E-state index >= 15 is 13.2 Å². The van der Waals surface area contributed by atoms with Crippen LogP contribution < -0.4 is 9.47 Å². The number of aliphatic hydroxyl groups is 2. The third-order valence-electron chi connectivity index (χ3n) is 12.3. The number of halogens is 3. The van der Waals surface area contributed by atoms with Crippen LogP contribution in [-0.2, 0) is 23.9 Å². The van der Waals surface area contributed by atoms with E-state index in [1.165, 1.54) is 0 Å². The van der Waals surface area contributed by atoms with Gasteiger partial charge in [-0.3, -0.25) is 19.4 Å². The molecular formula is C41H46F3N3O7. The lowest BCUT2D eigenvalue weighted by molar-refractivity contribution is -0.142. The highest BCUT2D eigenvalue weighted by atomic mass is 19.4. The zero-order valence-electron chi connectivity index (χ0n) is 31.0. The molecular weight excluding hydrogens is 703 g/mol. The second kappa shape index (κ2) is 13.5. The molecule has 0 amide bonds. The van der Waals surface area contributed by atoms with Crippen molar-refractivity contribution < 1.29 is 47.0 Å². The van der Waals surface area contributed by atoms with Crippen molar-refractivity contribution in [2.24, 2.45) is 11.8 Å². The van der Waals surface area contributed by atoms with Gasteiger partial charge in [-0.15, -0.1) is 0 Å². The molecule has 2 fully saturated rings. The summed E-state index contributed by atoms with van der Waals surface area (Å²) in [6.45, 7) is 5.48. The van der Waals surface area contributed by atoms with E-state index in [1.54, 1.807) is 19.0 Å². The van der Waals surface area contributed by atoms with Crippen molar-refractivity contribution in [3.05, 3.63) is 80.6 Å². The van der Waals surface area contributed by atoms with Gasteiger partial charge in [0.05, 0.1) is 30.4 Å². The molecule has 5 aliphatic rings. The van der Waals surface area contributed by atoms with Gasteiger partial charge in [0.25, 0.3) is 5.88 Å². The van der Waals surface area contributed by atoms with E-state index in [4.69, 9.17) is 14.0 Å². The molecule has 288 valence electrons. The number of alkyl halides is 3. The number of carbonyl (C=O) groups is 2. The van der Waals surface area contributed by atoms with E-state index in [1.807, 2.05) is 44.2 Å². The van der Waals surface area contributed by atoms with Crippen LogP contribution in [0.15, 0.2) is 40.4 Å². The largest absolute Gasteiger partial charge is 0.507 e. The van der Waals surface area contributed by atoms with Gasteiger partial charge in [-0.1, -0.05) is 57.0 Å². The molecule has 1 saturated carbocycles. The number of likely N-dealkylation sites (tertiary alicyclic amines) is 1. The molecule has 8 rings (SSSR count). The summed E-state index contributed by atoms with van der Waals surface area (Å²) >= 11 is 0. The van der Waals surface area contributed by atoms with Crippen molar-refractivity contribution in [1.82, 2.24) is 15.0 Å². The summed E-state index contributed by atoms with van der Waals surface area (Å²) in [7, 11) is 3.41. The van der Waals surface area contributed by atoms with Crippen LogP contribution in [0.5, 0.6) is 11.6 Å². The summed E-state index contributed by atoms with van der Waals surface area (Å²) in [6, 6.07) is 8.52. The number of aliphatic hydroxyl groups excluding tert-OH is 1. The lowest BCUT2D eigenvalue weighted by Crippen LogP contribution is -2.63. The summed E-state index contributed by atoms with van der Waals surface area (Å²) in [5.41, 5.74) is -2.45. The van der Waals surface area contributed by atoms with E-state index in [0.717, 1.165) is 18.4 Å². The average Bonchev–Trinajstić information content (AvgIpc) is 3.69. The fourth-order valence-electron chi connectivity index (χ4n) is 9.91. The minimum absolute atomic E-state index is 0.0703. The van der Waals surface area contributed by atoms with Gasteiger partial charge in [0.1, 0.15) is 17.1 Å². The Morgan fingerprint density at radius 3 is 2.39 bits per heavy atom. The lowest BCUT2D eigenvalue weighted by atomic mass is 9.56. The molecule has 1 aromatic heterocycles. The summed E-state index contributed by atoms with van der Waals surface area (Å²) in [5, 5.41) is 28.7. The van der Waals surface area contributed by atoms with Crippen molar-refractivity contribution in [2.45, 2.75) is 95.1 Å². The number of nitrogens with zero attached hydrogens (tertiary/aromatic N) is 3. The highest BCUT2D eigenvalue weighted by molar-refractivity contribution is 6.26. The molecule has 0 bridgehead atoms. The number of Topliss-reactive ketones (excluding diaryl/α,β-unsaturated/α-hetero) is 2. The molecule has 4 aliphatic carbocycles. The Labute approximate surface area is 311 Å². The Morgan fingerprint density at radius 2 is 1.72 bits per heavy atom. The van der Waals surface area contributed by atoms with Crippen molar-refractivity contribution in [2.75, 3.05) is 33.9 Å². The van der Waals surface area contributed by atoms with Gasteiger partial charge in [0.15, 0.2) is 11.4 Å². The van der Waals surface area contributed by atoms with Gasteiger partial charge in [-0.05, 0) is 80.5 Å². The zero-order valence-corrected chi connectivity index (χ0v) is 31.0. The highest BCUT2D eigenvalue weighted by Crippen LogP contribution is 2.65. The predicted octanol–water partition coefficient (Wildman–Crippen LogP) is 7.36. The third-order valence-corrected chi connectivity index (χ3v) is 12.3. The number of rotatable bonds is 11. The van der Waals surface area contributed by atoms with Crippen LogP contribution >= 0.6 is 0 Å². The van der Waals surface area contributed by atoms with Crippen LogP contribution in [0, 0.1) is 11.8 Å². The molecule has 6 atom stereocenters. The maximum atomic E-state index is 15.5. The summed E-state index contributed by atoms with van der Waals surface area (Å²) < 4.78 is 64.4. The van der Waals surface area contributed by atoms with E-state index in [2.05, 4.69) is 10.1 Å². The van der Waals surface area contributed by atoms with Crippen LogP contribution in [0.2, 0.25) is 0 Å². The Balaban J connectivity index is 1.29. The molecule has 1 saturated heterocycles. The van der Waals surface area contributed by atoms with Gasteiger partial charge >= 0.3 is 6.18 Å². The monoisotopic (exact) mass is 749 g/mol. The number of aromatic nitrogens is 1. The van der Waals surface area contributed by atoms with E-state index in [-0.39, 0.29) is 83.2 Å². The van der Waals surface area contributed by atoms with E-state index in [9.17, 15) is 19.8 Å². The number of hydrogen-bond donors (Lipinski definition) is 2. The van der Waals surface area contributed by atoms with E-state index < -0.39 is 52.5 Å². The number of hydrogen-bond acceptors (Lipinski definition) is 10. The van der Waals surface area contributed by atoms with Crippen LogP contribution in [0.25, 0.3) is 5.76 Å². The first-order valence-electron chi connectivity index (χ1n) is 19.1. The van der Waals surface area contributed by atoms with Gasteiger partial charge in [0.2, 0.25) is 11.6 Å². The molecule has 0 unspecified atom stereocenters. The third kappa shape index (κ3) is 5.36. The quantitative estimate of drug-likeness (QED) is 0.152. The van der Waals surface area contributed by atoms with Gasteiger partial charge < -0.3 is 24.2 Å². The normalized spacial score (nSPS) is 27.2. The predicted molar refractivity (Wildman–Crippen MR) is 191 cm³/mol. The van der Waals surface area contributed by atoms with Crippen LogP contribution in [0.3, 0.4) is 0 Å². The van der Waals surface area contributed by atoms with Gasteiger partial charge in [0, 0.05) is 35.6 Å². The molecule has 1 aliphatic heterocycles. The first-order valence-corrected chi connectivity index (χ1v) is 19.1. The fraction of sp³-hybridized carbons (Fsp3) is 0.537. The Hall–Kier alpha value is -4.20. The second-order valence-corrected chi connectivity index (χ2v) is 15.6.